The van der Waals surface area contributed by atoms with Crippen molar-refractivity contribution in [1.82, 2.24) is 5.06 Å². The molecule has 1 aliphatic rings. The Morgan fingerprint density at radius 3 is 2.60 bits per heavy atom. The Hall–Kier alpha value is -2.34. The zero-order valence-electron chi connectivity index (χ0n) is 10.1. The van der Waals surface area contributed by atoms with Crippen LogP contribution in [0.15, 0.2) is 28.7 Å². The molecule has 0 unspecified atom stereocenters. The number of imide groups is 1. The first kappa shape index (κ1) is 12.7. The minimum atomic E-state index is -0.902. The van der Waals surface area contributed by atoms with Gasteiger partial charge in [-0.2, -0.15) is 0 Å². The van der Waals surface area contributed by atoms with E-state index in [1.165, 1.54) is 6.07 Å². The van der Waals surface area contributed by atoms with Crippen molar-refractivity contribution in [3.05, 3.63) is 35.0 Å². The molecule has 20 heavy (non-hydrogen) atoms. The Morgan fingerprint density at radius 2 is 1.90 bits per heavy atom. The summed E-state index contributed by atoms with van der Waals surface area (Å²) in [6.45, 7) is 0. The Bertz CT molecular complexity index is 719. The van der Waals surface area contributed by atoms with E-state index < -0.39 is 17.8 Å². The van der Waals surface area contributed by atoms with E-state index >= 15 is 0 Å². The van der Waals surface area contributed by atoms with Crippen LogP contribution in [0, 0.1) is 0 Å². The number of hydrogen-bond donors (Lipinski definition) is 0. The van der Waals surface area contributed by atoms with Crippen LogP contribution >= 0.6 is 11.6 Å². The molecule has 1 aliphatic heterocycles. The lowest BCUT2D eigenvalue weighted by Crippen LogP contribution is -2.31. The molecule has 0 N–H and O–H groups in total. The highest BCUT2D eigenvalue weighted by molar-refractivity contribution is 6.31. The van der Waals surface area contributed by atoms with Crippen LogP contribution in [0.4, 0.5) is 0 Å². The molecule has 1 aromatic carbocycles. The number of hydroxylamine groups is 2. The maximum Gasteiger partial charge on any atom is 0.399 e. The van der Waals surface area contributed by atoms with Crippen LogP contribution in [0.2, 0.25) is 5.02 Å². The zero-order valence-corrected chi connectivity index (χ0v) is 10.8. The minimum absolute atomic E-state index is 0.0435. The number of benzene rings is 1. The van der Waals surface area contributed by atoms with Crippen LogP contribution < -0.4 is 0 Å². The fourth-order valence-corrected chi connectivity index (χ4v) is 2.08. The molecule has 0 radical (unpaired) electrons. The number of carbonyl (C=O) groups excluding carboxylic acids is 3. The largest absolute Gasteiger partial charge is 0.449 e. The average molecular weight is 294 g/mol. The van der Waals surface area contributed by atoms with Gasteiger partial charge >= 0.3 is 5.97 Å². The van der Waals surface area contributed by atoms with Gasteiger partial charge in [-0.3, -0.25) is 9.59 Å². The first-order valence-corrected chi connectivity index (χ1v) is 6.19. The number of hydrogen-bond acceptors (Lipinski definition) is 5. The summed E-state index contributed by atoms with van der Waals surface area (Å²) in [5, 5.41) is 1.61. The molecule has 0 aliphatic carbocycles. The topological polar surface area (TPSA) is 76.8 Å². The third-order valence-electron chi connectivity index (χ3n) is 2.86. The Kier molecular flexibility index (Phi) is 2.94. The van der Waals surface area contributed by atoms with Crippen LogP contribution in [0.1, 0.15) is 23.4 Å². The van der Waals surface area contributed by atoms with Crippen LogP contribution in [0.3, 0.4) is 0 Å². The number of amides is 2. The highest BCUT2D eigenvalue weighted by Gasteiger charge is 2.33. The van der Waals surface area contributed by atoms with Crippen LogP contribution in [-0.2, 0) is 14.4 Å². The van der Waals surface area contributed by atoms with Gasteiger partial charge in [-0.25, -0.2) is 4.79 Å². The van der Waals surface area contributed by atoms with Crippen LogP contribution in [0.5, 0.6) is 0 Å². The van der Waals surface area contributed by atoms with Gasteiger partial charge in [0.15, 0.2) is 0 Å². The summed E-state index contributed by atoms with van der Waals surface area (Å²) < 4.78 is 5.28. The van der Waals surface area contributed by atoms with E-state index in [-0.39, 0.29) is 18.6 Å². The van der Waals surface area contributed by atoms with Gasteiger partial charge in [0.05, 0.1) is 0 Å². The molecule has 2 aromatic rings. The fraction of sp³-hybridized carbons (Fsp3) is 0.154. The van der Waals surface area contributed by atoms with Crippen molar-refractivity contribution >= 4 is 40.4 Å². The third kappa shape index (κ3) is 2.14. The second-order valence-electron chi connectivity index (χ2n) is 4.25. The van der Waals surface area contributed by atoms with E-state index in [2.05, 4.69) is 0 Å². The van der Waals surface area contributed by atoms with Gasteiger partial charge in [0.2, 0.25) is 5.76 Å². The predicted octanol–water partition coefficient (Wildman–Crippen LogP) is 2.31. The fourth-order valence-electron chi connectivity index (χ4n) is 1.90. The predicted molar refractivity (Wildman–Crippen MR) is 67.7 cm³/mol. The Balaban J connectivity index is 1.85. The molecule has 2 heterocycles. The van der Waals surface area contributed by atoms with E-state index in [0.717, 1.165) is 0 Å². The van der Waals surface area contributed by atoms with Crippen molar-refractivity contribution in [1.29, 1.82) is 0 Å². The molecule has 6 nitrogen and oxygen atoms in total. The molecule has 0 saturated carbocycles. The summed E-state index contributed by atoms with van der Waals surface area (Å²) in [4.78, 5) is 39.3. The van der Waals surface area contributed by atoms with E-state index in [9.17, 15) is 14.4 Å². The van der Waals surface area contributed by atoms with Crippen LogP contribution in [0.25, 0.3) is 11.0 Å². The summed E-state index contributed by atoms with van der Waals surface area (Å²) in [5.41, 5.74) is 0.459. The van der Waals surface area contributed by atoms with Gasteiger partial charge in [0.1, 0.15) is 5.58 Å². The summed E-state index contributed by atoms with van der Waals surface area (Å²) in [6.07, 6.45) is 0.0870. The van der Waals surface area contributed by atoms with Gasteiger partial charge in [-0.05, 0) is 24.3 Å². The second-order valence-corrected chi connectivity index (χ2v) is 4.69. The summed E-state index contributed by atoms with van der Waals surface area (Å²) in [5.74, 6) is -2.08. The van der Waals surface area contributed by atoms with Gasteiger partial charge in [-0.1, -0.05) is 11.6 Å². The van der Waals surface area contributed by atoms with Gasteiger partial charge in [0, 0.05) is 23.3 Å². The molecule has 1 aromatic heterocycles. The number of nitrogens with zero attached hydrogens (tertiary/aromatic N) is 1. The highest BCUT2D eigenvalue weighted by Crippen LogP contribution is 2.24. The summed E-state index contributed by atoms with van der Waals surface area (Å²) in [6, 6.07) is 6.30. The minimum Gasteiger partial charge on any atom is -0.449 e. The number of rotatable bonds is 2. The van der Waals surface area contributed by atoms with Crippen molar-refractivity contribution in [2.75, 3.05) is 0 Å². The highest BCUT2D eigenvalue weighted by atomic mass is 35.5. The molecule has 3 rings (SSSR count). The number of carbonyl (C=O) groups is 3. The van der Waals surface area contributed by atoms with Gasteiger partial charge < -0.3 is 9.25 Å². The van der Waals surface area contributed by atoms with Crippen molar-refractivity contribution in [3.8, 4) is 0 Å². The first-order chi connectivity index (χ1) is 9.54. The number of halogens is 1. The molecular formula is C13H8ClNO5. The molecule has 102 valence electrons. The normalized spacial score (nSPS) is 15.2. The summed E-state index contributed by atoms with van der Waals surface area (Å²) in [7, 11) is 0. The zero-order chi connectivity index (χ0) is 14.3. The smallest absolute Gasteiger partial charge is 0.399 e. The molecule has 1 fully saturated rings. The molecule has 0 spiro atoms. The van der Waals surface area contributed by atoms with Crippen LogP contribution in [-0.4, -0.2) is 22.8 Å². The lowest BCUT2D eigenvalue weighted by molar-refractivity contribution is -0.173. The Labute approximate surface area is 117 Å². The van der Waals surface area contributed by atoms with Gasteiger partial charge in [-0.15, -0.1) is 5.06 Å². The lowest BCUT2D eigenvalue weighted by Gasteiger charge is -2.10. The Morgan fingerprint density at radius 1 is 1.20 bits per heavy atom. The van der Waals surface area contributed by atoms with Crippen molar-refractivity contribution in [2.45, 2.75) is 12.8 Å². The van der Waals surface area contributed by atoms with E-state index in [0.29, 0.717) is 21.1 Å². The standard InChI is InChI=1S/C13H8ClNO5/c14-8-1-2-9-7(5-8)6-10(19-9)13(18)20-15-11(16)3-4-12(15)17/h1-2,5-6H,3-4H2. The van der Waals surface area contributed by atoms with Crippen molar-refractivity contribution in [2.24, 2.45) is 0 Å². The molecule has 0 atom stereocenters. The van der Waals surface area contributed by atoms with E-state index in [1.807, 2.05) is 0 Å². The maximum atomic E-state index is 11.9. The quantitative estimate of drug-likeness (QED) is 0.794. The molecule has 2 amide bonds. The second kappa shape index (κ2) is 4.64. The molecule has 0 bridgehead atoms. The SMILES string of the molecule is O=C(ON1C(=O)CCC1=O)c1cc2cc(Cl)ccc2o1. The number of furan rings is 1. The van der Waals surface area contributed by atoms with E-state index in [4.69, 9.17) is 20.9 Å². The molecule has 7 heteroatoms. The van der Waals surface area contributed by atoms with Crippen molar-refractivity contribution in [3.63, 3.8) is 0 Å². The molecular weight excluding hydrogens is 286 g/mol. The van der Waals surface area contributed by atoms with Crippen molar-refractivity contribution < 1.29 is 23.6 Å². The van der Waals surface area contributed by atoms with E-state index in [1.54, 1.807) is 18.2 Å². The summed E-state index contributed by atoms with van der Waals surface area (Å²) >= 11 is 5.83. The lowest BCUT2D eigenvalue weighted by atomic mass is 10.2. The monoisotopic (exact) mass is 293 g/mol. The molecule has 1 saturated heterocycles. The third-order valence-corrected chi connectivity index (χ3v) is 3.09. The maximum absolute atomic E-state index is 11.9. The average Bonchev–Trinajstić information content (AvgIpc) is 2.96. The van der Waals surface area contributed by atoms with Gasteiger partial charge in [0.25, 0.3) is 11.8 Å². The number of fused-ring (bicyclic) bond motifs is 1. The first-order valence-electron chi connectivity index (χ1n) is 5.82.